The summed E-state index contributed by atoms with van der Waals surface area (Å²) in [6.07, 6.45) is 9.83. The van der Waals surface area contributed by atoms with Crippen molar-refractivity contribution in [3.8, 4) is 11.1 Å². The molecule has 0 aliphatic heterocycles. The van der Waals surface area contributed by atoms with Crippen molar-refractivity contribution in [1.82, 2.24) is 0 Å². The minimum absolute atomic E-state index is 0.524. The summed E-state index contributed by atoms with van der Waals surface area (Å²) >= 11 is 0. The van der Waals surface area contributed by atoms with E-state index in [1.54, 1.807) is 0 Å². The zero-order chi connectivity index (χ0) is 30.4. The molecule has 0 amide bonds. The molecule has 0 aromatic heterocycles. The van der Waals surface area contributed by atoms with Crippen LogP contribution in [0.2, 0.25) is 0 Å². The van der Waals surface area contributed by atoms with Crippen molar-refractivity contribution in [2.45, 2.75) is 18.8 Å². The molecule has 0 radical (unpaired) electrons. The topological polar surface area (TPSA) is 0 Å². The molecule has 2 aliphatic rings. The van der Waals surface area contributed by atoms with Crippen molar-refractivity contribution in [2.75, 3.05) is 0 Å². The van der Waals surface area contributed by atoms with Gasteiger partial charge in [0.2, 0.25) is 0 Å². The quantitative estimate of drug-likeness (QED) is 0.192. The molecule has 2 aliphatic carbocycles. The fourth-order valence-corrected chi connectivity index (χ4v) is 7.62. The smallest absolute Gasteiger partial charge is 0.0722 e. The van der Waals surface area contributed by atoms with Crippen molar-refractivity contribution >= 4 is 21.9 Å². The number of rotatable bonds is 5. The molecule has 0 heterocycles. The number of hydrogen-bond acceptors (Lipinski definition) is 0. The molecular formula is C45H34. The summed E-state index contributed by atoms with van der Waals surface area (Å²) in [6, 6.07) is 51.3. The fraction of sp³-hybridized carbons (Fsp3) is 0.0667. The van der Waals surface area contributed by atoms with Gasteiger partial charge < -0.3 is 0 Å². The third-order valence-electron chi connectivity index (χ3n) is 9.61. The van der Waals surface area contributed by atoms with Gasteiger partial charge in [0.05, 0.1) is 5.41 Å². The van der Waals surface area contributed by atoms with Gasteiger partial charge in [-0.1, -0.05) is 170 Å². The van der Waals surface area contributed by atoms with Gasteiger partial charge in [-0.15, -0.1) is 0 Å². The van der Waals surface area contributed by atoms with Crippen LogP contribution in [0, 0.1) is 6.92 Å². The van der Waals surface area contributed by atoms with Crippen LogP contribution in [0.3, 0.4) is 0 Å². The van der Waals surface area contributed by atoms with Gasteiger partial charge in [0.15, 0.2) is 0 Å². The maximum Gasteiger partial charge on any atom is 0.0722 e. The summed E-state index contributed by atoms with van der Waals surface area (Å²) in [5, 5.41) is 2.46. The van der Waals surface area contributed by atoms with E-state index in [4.69, 9.17) is 6.58 Å². The summed E-state index contributed by atoms with van der Waals surface area (Å²) in [5.41, 5.74) is 14.5. The Labute approximate surface area is 266 Å². The van der Waals surface area contributed by atoms with Crippen LogP contribution >= 0.6 is 0 Å². The van der Waals surface area contributed by atoms with Gasteiger partial charge >= 0.3 is 0 Å². The summed E-state index contributed by atoms with van der Waals surface area (Å²) in [6.45, 7) is 6.97. The van der Waals surface area contributed by atoms with Crippen LogP contribution in [0.5, 0.6) is 0 Å². The highest BCUT2D eigenvalue weighted by atomic mass is 14.5. The van der Waals surface area contributed by atoms with E-state index in [0.29, 0.717) is 0 Å². The number of hydrogen-bond donors (Lipinski definition) is 0. The summed E-state index contributed by atoms with van der Waals surface area (Å²) in [4.78, 5) is 0. The predicted octanol–water partition coefficient (Wildman–Crippen LogP) is 11.5. The number of allylic oxidation sites excluding steroid dienone is 6. The molecule has 0 spiro atoms. The van der Waals surface area contributed by atoms with Crippen LogP contribution in [0.1, 0.15) is 45.4 Å². The molecule has 6 aromatic carbocycles. The van der Waals surface area contributed by atoms with Crippen LogP contribution in [0.25, 0.3) is 33.0 Å². The summed E-state index contributed by atoms with van der Waals surface area (Å²) in [5.74, 6) is 0. The van der Waals surface area contributed by atoms with E-state index in [2.05, 4.69) is 171 Å². The van der Waals surface area contributed by atoms with Crippen molar-refractivity contribution in [3.05, 3.63) is 215 Å². The Morgan fingerprint density at radius 1 is 0.600 bits per heavy atom. The molecule has 0 saturated carbocycles. The maximum absolute atomic E-state index is 4.76. The van der Waals surface area contributed by atoms with E-state index in [1.807, 2.05) is 0 Å². The van der Waals surface area contributed by atoms with Crippen LogP contribution in [0.15, 0.2) is 176 Å². The molecule has 0 bridgehead atoms. The van der Waals surface area contributed by atoms with E-state index >= 15 is 0 Å². The molecule has 0 saturated heterocycles. The number of aryl methyl sites for hydroxylation is 1. The first-order valence-electron chi connectivity index (χ1n) is 15.8. The van der Waals surface area contributed by atoms with E-state index in [9.17, 15) is 0 Å². The summed E-state index contributed by atoms with van der Waals surface area (Å²) in [7, 11) is 0. The normalized spacial score (nSPS) is 17.6. The van der Waals surface area contributed by atoms with Crippen LogP contribution < -0.4 is 0 Å². The summed E-state index contributed by atoms with van der Waals surface area (Å²) < 4.78 is 0. The Morgan fingerprint density at radius 3 is 2.13 bits per heavy atom. The monoisotopic (exact) mass is 574 g/mol. The Morgan fingerprint density at radius 2 is 1.31 bits per heavy atom. The lowest BCUT2D eigenvalue weighted by molar-refractivity contribution is 0.818. The lowest BCUT2D eigenvalue weighted by atomic mass is 9.62. The van der Waals surface area contributed by atoms with Gasteiger partial charge in [0.25, 0.3) is 0 Å². The molecule has 0 nitrogen and oxygen atoms in total. The van der Waals surface area contributed by atoms with Gasteiger partial charge in [0.1, 0.15) is 0 Å². The van der Waals surface area contributed by atoms with Crippen molar-refractivity contribution in [2.24, 2.45) is 0 Å². The Bertz CT molecular complexity index is 2200. The molecule has 0 heteroatoms. The second-order valence-electron chi connectivity index (χ2n) is 12.2. The second-order valence-corrected chi connectivity index (χ2v) is 12.2. The molecule has 45 heavy (non-hydrogen) atoms. The predicted molar refractivity (Wildman–Crippen MR) is 191 cm³/mol. The van der Waals surface area contributed by atoms with Crippen LogP contribution in [0.4, 0.5) is 0 Å². The molecule has 0 N–H and O–H groups in total. The van der Waals surface area contributed by atoms with Crippen molar-refractivity contribution < 1.29 is 0 Å². The first-order valence-corrected chi connectivity index (χ1v) is 15.8. The van der Waals surface area contributed by atoms with Crippen molar-refractivity contribution in [3.63, 3.8) is 0 Å². The number of fused-ring (bicyclic) bond motifs is 4. The molecule has 0 fully saturated rings. The first kappa shape index (κ1) is 27.1. The fourth-order valence-electron chi connectivity index (χ4n) is 7.62. The second kappa shape index (κ2) is 10.9. The third-order valence-corrected chi connectivity index (χ3v) is 9.61. The zero-order valence-electron chi connectivity index (χ0n) is 25.5. The largest absolute Gasteiger partial charge is 0.0905 e. The lowest BCUT2D eigenvalue weighted by Gasteiger charge is -2.39. The Kier molecular flexibility index (Phi) is 6.58. The third kappa shape index (κ3) is 4.29. The van der Waals surface area contributed by atoms with Crippen LogP contribution in [-0.2, 0) is 5.41 Å². The van der Waals surface area contributed by atoms with Gasteiger partial charge in [-0.3, -0.25) is 0 Å². The van der Waals surface area contributed by atoms with Gasteiger partial charge in [-0.05, 0) is 91.4 Å². The van der Waals surface area contributed by atoms with E-state index < -0.39 is 5.41 Å². The average Bonchev–Trinajstić information content (AvgIpc) is 3.39. The molecule has 6 aromatic rings. The van der Waals surface area contributed by atoms with Crippen LogP contribution in [-0.4, -0.2) is 0 Å². The van der Waals surface area contributed by atoms with Gasteiger partial charge in [0, 0.05) is 0 Å². The molecular weight excluding hydrogens is 540 g/mol. The molecule has 214 valence electrons. The number of benzene rings is 6. The maximum atomic E-state index is 4.76. The molecule has 8 rings (SSSR count). The van der Waals surface area contributed by atoms with E-state index in [0.717, 1.165) is 23.1 Å². The average molecular weight is 575 g/mol. The standard InChI is InChI=1S/C45H34/c1-31-25-28-40-39-22-13-14-24-42(39)45(43(40)29-31,37-19-7-4-8-20-37)44(34-16-5-3-6-17-34)41-23-12-11-21-38(41)32(2)35-27-26-33-15-9-10-18-36(33)30-35/h3-16,18-30H,2,17H2,1H3/b44-34+. The zero-order valence-corrected chi connectivity index (χ0v) is 25.5. The SMILES string of the molecule is C=C(c1ccc2ccccc2c1)c1ccccc1/C(=C1/C=CC=CC1)C1(c2ccccc2)c2ccccc2-c2ccc(C)cc21. The highest BCUT2D eigenvalue weighted by molar-refractivity contribution is 6.00. The minimum atomic E-state index is -0.524. The van der Waals surface area contributed by atoms with Gasteiger partial charge in [-0.25, -0.2) is 0 Å². The highest BCUT2D eigenvalue weighted by Crippen LogP contribution is 2.60. The minimum Gasteiger partial charge on any atom is -0.0905 e. The lowest BCUT2D eigenvalue weighted by Crippen LogP contribution is -2.30. The molecule has 1 atom stereocenters. The first-order chi connectivity index (χ1) is 22.2. The van der Waals surface area contributed by atoms with E-state index in [1.165, 1.54) is 60.9 Å². The molecule has 1 unspecified atom stereocenters. The Hall–Kier alpha value is -5.46. The van der Waals surface area contributed by atoms with Crippen molar-refractivity contribution in [1.29, 1.82) is 0 Å². The van der Waals surface area contributed by atoms with E-state index in [-0.39, 0.29) is 0 Å². The Balaban J connectivity index is 1.48. The highest BCUT2D eigenvalue weighted by Gasteiger charge is 2.49. The van der Waals surface area contributed by atoms with Gasteiger partial charge in [-0.2, -0.15) is 0 Å².